The van der Waals surface area contributed by atoms with Gasteiger partial charge in [0.2, 0.25) is 10.0 Å². The Bertz CT molecular complexity index is 518. The van der Waals surface area contributed by atoms with E-state index in [9.17, 15) is 8.42 Å². The van der Waals surface area contributed by atoms with Gasteiger partial charge in [-0.1, -0.05) is 55.0 Å². The summed E-state index contributed by atoms with van der Waals surface area (Å²) >= 11 is 6.57. The Morgan fingerprint density at radius 2 is 1.70 bits per heavy atom. The molecular weight excluding hydrogens is 406 g/mol. The molecule has 0 fully saturated rings. The third kappa shape index (κ3) is 6.24. The van der Waals surface area contributed by atoms with Gasteiger partial charge in [0.1, 0.15) is 0 Å². The maximum Gasteiger partial charge on any atom is 0.241 e. The number of unbranched alkanes of at least 4 members (excludes halogenated alkanes) is 5. The van der Waals surface area contributed by atoms with Crippen molar-refractivity contribution in [1.29, 1.82) is 0 Å². The van der Waals surface area contributed by atoms with Gasteiger partial charge in [-0.05, 0) is 40.5 Å². The highest BCUT2D eigenvalue weighted by atomic mass is 79.9. The van der Waals surface area contributed by atoms with E-state index >= 15 is 0 Å². The van der Waals surface area contributed by atoms with Crippen molar-refractivity contribution in [1.82, 2.24) is 4.72 Å². The molecule has 0 radical (unpaired) electrons. The topological polar surface area (TPSA) is 46.2 Å². The summed E-state index contributed by atoms with van der Waals surface area (Å²) in [6, 6.07) is 5.13. The van der Waals surface area contributed by atoms with Crippen molar-refractivity contribution in [2.24, 2.45) is 0 Å². The molecule has 0 spiro atoms. The number of nitrogens with one attached hydrogen (secondary N) is 1. The Hall–Kier alpha value is 0.0900. The van der Waals surface area contributed by atoms with Crippen LogP contribution in [0, 0.1) is 0 Å². The van der Waals surface area contributed by atoms with Gasteiger partial charge in [0.25, 0.3) is 0 Å². The summed E-state index contributed by atoms with van der Waals surface area (Å²) in [6.07, 6.45) is 6.85. The summed E-state index contributed by atoms with van der Waals surface area (Å²) in [5, 5.41) is 0. The molecular formula is C14H21Br2NO2S. The first-order chi connectivity index (χ1) is 9.47. The van der Waals surface area contributed by atoms with Crippen LogP contribution < -0.4 is 4.72 Å². The summed E-state index contributed by atoms with van der Waals surface area (Å²) in [5.74, 6) is 0. The minimum absolute atomic E-state index is 0.276. The Balaban J connectivity index is 2.44. The number of rotatable bonds is 9. The van der Waals surface area contributed by atoms with Gasteiger partial charge in [0.05, 0.1) is 4.90 Å². The first-order valence-corrected chi connectivity index (χ1v) is 9.99. The predicted molar refractivity (Wildman–Crippen MR) is 90.4 cm³/mol. The molecule has 6 heteroatoms. The van der Waals surface area contributed by atoms with E-state index in [-0.39, 0.29) is 4.90 Å². The standard InChI is InChI=1S/C14H21Br2NO2S/c1-2-3-4-5-6-7-10-17-20(18,19)14-11-12(15)8-9-13(14)16/h8-9,11,17H,2-7,10H2,1H3. The second-order valence-electron chi connectivity index (χ2n) is 4.74. The van der Waals surface area contributed by atoms with E-state index in [1.165, 1.54) is 25.7 Å². The van der Waals surface area contributed by atoms with E-state index in [4.69, 9.17) is 0 Å². The third-order valence-corrected chi connectivity index (χ3v) is 5.95. The highest BCUT2D eigenvalue weighted by Gasteiger charge is 2.17. The first-order valence-electron chi connectivity index (χ1n) is 6.92. The number of benzene rings is 1. The lowest BCUT2D eigenvalue weighted by Gasteiger charge is -2.09. The summed E-state index contributed by atoms with van der Waals surface area (Å²) in [6.45, 7) is 2.68. The van der Waals surface area contributed by atoms with Crippen LogP contribution in [0.5, 0.6) is 0 Å². The van der Waals surface area contributed by atoms with Gasteiger partial charge in [0.15, 0.2) is 0 Å². The number of hydrogen-bond donors (Lipinski definition) is 1. The molecule has 0 saturated carbocycles. The summed E-state index contributed by atoms with van der Waals surface area (Å²) in [5.41, 5.74) is 0. The first kappa shape index (κ1) is 18.1. The molecule has 20 heavy (non-hydrogen) atoms. The molecule has 0 atom stereocenters. The average molecular weight is 427 g/mol. The van der Waals surface area contributed by atoms with Crippen molar-refractivity contribution in [3.63, 3.8) is 0 Å². The van der Waals surface area contributed by atoms with E-state index in [1.807, 2.05) is 0 Å². The van der Waals surface area contributed by atoms with Crippen LogP contribution in [0.4, 0.5) is 0 Å². The van der Waals surface area contributed by atoms with E-state index in [0.29, 0.717) is 11.0 Å². The van der Waals surface area contributed by atoms with Gasteiger partial charge < -0.3 is 0 Å². The van der Waals surface area contributed by atoms with Crippen molar-refractivity contribution in [2.75, 3.05) is 6.54 Å². The van der Waals surface area contributed by atoms with Crippen LogP contribution in [-0.2, 0) is 10.0 Å². The number of sulfonamides is 1. The zero-order chi connectivity index (χ0) is 15.0. The largest absolute Gasteiger partial charge is 0.241 e. The predicted octanol–water partition coefficient (Wildman–Crippen LogP) is 4.85. The fourth-order valence-corrected chi connectivity index (χ4v) is 4.45. The van der Waals surface area contributed by atoms with E-state index < -0.39 is 10.0 Å². The van der Waals surface area contributed by atoms with Crippen LogP contribution in [-0.4, -0.2) is 15.0 Å². The Kier molecular flexibility index (Phi) is 8.32. The molecule has 0 saturated heterocycles. The molecule has 0 aliphatic carbocycles. The van der Waals surface area contributed by atoms with Crippen molar-refractivity contribution in [3.8, 4) is 0 Å². The van der Waals surface area contributed by atoms with E-state index in [0.717, 1.165) is 17.3 Å². The summed E-state index contributed by atoms with van der Waals surface area (Å²) < 4.78 is 28.3. The maximum absolute atomic E-state index is 12.2. The van der Waals surface area contributed by atoms with Crippen LogP contribution in [0.2, 0.25) is 0 Å². The van der Waals surface area contributed by atoms with Crippen LogP contribution in [0.1, 0.15) is 45.4 Å². The van der Waals surface area contributed by atoms with Gasteiger partial charge in [-0.15, -0.1) is 0 Å². The summed E-state index contributed by atoms with van der Waals surface area (Å²) in [4.78, 5) is 0.276. The fraction of sp³-hybridized carbons (Fsp3) is 0.571. The molecule has 1 aromatic rings. The second-order valence-corrected chi connectivity index (χ2v) is 8.25. The van der Waals surface area contributed by atoms with Gasteiger partial charge in [0, 0.05) is 15.5 Å². The molecule has 0 heterocycles. The van der Waals surface area contributed by atoms with Gasteiger partial charge >= 0.3 is 0 Å². The van der Waals surface area contributed by atoms with E-state index in [1.54, 1.807) is 18.2 Å². The second kappa shape index (κ2) is 9.18. The molecule has 0 unspecified atom stereocenters. The molecule has 0 aromatic heterocycles. The van der Waals surface area contributed by atoms with Crippen molar-refractivity contribution >= 4 is 41.9 Å². The Morgan fingerprint density at radius 1 is 1.05 bits per heavy atom. The zero-order valence-corrected chi connectivity index (χ0v) is 15.7. The van der Waals surface area contributed by atoms with E-state index in [2.05, 4.69) is 43.5 Å². The third-order valence-electron chi connectivity index (χ3n) is 3.01. The molecule has 0 bridgehead atoms. The lowest BCUT2D eigenvalue weighted by molar-refractivity contribution is 0.567. The fourth-order valence-electron chi connectivity index (χ4n) is 1.87. The van der Waals surface area contributed by atoms with Crippen molar-refractivity contribution < 1.29 is 8.42 Å². The molecule has 1 N–H and O–H groups in total. The van der Waals surface area contributed by atoms with Gasteiger partial charge in [-0.25, -0.2) is 13.1 Å². The number of halogens is 2. The molecule has 114 valence electrons. The van der Waals surface area contributed by atoms with Crippen molar-refractivity contribution in [3.05, 3.63) is 27.1 Å². The minimum Gasteiger partial charge on any atom is -0.211 e. The molecule has 1 aromatic carbocycles. The van der Waals surface area contributed by atoms with Crippen molar-refractivity contribution in [2.45, 2.75) is 50.3 Å². The molecule has 0 amide bonds. The van der Waals surface area contributed by atoms with Crippen LogP contribution >= 0.6 is 31.9 Å². The van der Waals surface area contributed by atoms with Crippen LogP contribution in [0.25, 0.3) is 0 Å². The normalized spacial score (nSPS) is 11.8. The monoisotopic (exact) mass is 425 g/mol. The van der Waals surface area contributed by atoms with Crippen LogP contribution in [0.15, 0.2) is 32.0 Å². The number of hydrogen-bond acceptors (Lipinski definition) is 2. The Morgan fingerprint density at radius 3 is 2.40 bits per heavy atom. The average Bonchev–Trinajstić information content (AvgIpc) is 2.40. The lowest BCUT2D eigenvalue weighted by atomic mass is 10.1. The smallest absolute Gasteiger partial charge is 0.211 e. The molecule has 1 rings (SSSR count). The highest BCUT2D eigenvalue weighted by molar-refractivity contribution is 9.11. The minimum atomic E-state index is -3.44. The SMILES string of the molecule is CCCCCCCCNS(=O)(=O)c1cc(Br)ccc1Br. The zero-order valence-electron chi connectivity index (χ0n) is 11.7. The Labute approximate surface area is 138 Å². The van der Waals surface area contributed by atoms with Crippen LogP contribution in [0.3, 0.4) is 0 Å². The quantitative estimate of drug-likeness (QED) is 0.573. The molecule has 3 nitrogen and oxygen atoms in total. The molecule has 0 aliphatic heterocycles. The summed E-state index contributed by atoms with van der Waals surface area (Å²) in [7, 11) is -3.44. The highest BCUT2D eigenvalue weighted by Crippen LogP contribution is 2.25. The molecule has 0 aliphatic rings. The lowest BCUT2D eigenvalue weighted by Crippen LogP contribution is -2.25. The maximum atomic E-state index is 12.2. The van der Waals surface area contributed by atoms with Gasteiger partial charge in [-0.3, -0.25) is 0 Å². The van der Waals surface area contributed by atoms with Gasteiger partial charge in [-0.2, -0.15) is 0 Å².